The van der Waals surface area contributed by atoms with Crippen LogP contribution >= 0.6 is 27.5 Å². The van der Waals surface area contributed by atoms with Crippen LogP contribution in [0.15, 0.2) is 102 Å². The molecule has 16 heteroatoms. The largest absolute Gasteiger partial charge is 0.506 e. The highest BCUT2D eigenvalue weighted by Gasteiger charge is 2.73. The van der Waals surface area contributed by atoms with Gasteiger partial charge >= 0.3 is 12.4 Å². The second-order valence-corrected chi connectivity index (χ2v) is 14.0. The smallest absolute Gasteiger partial charge is 0.411 e. The summed E-state index contributed by atoms with van der Waals surface area (Å²) < 4.78 is 93.6. The van der Waals surface area contributed by atoms with Crippen LogP contribution in [0.4, 0.5) is 37.7 Å². The molecule has 0 unspecified atom stereocenters. The first-order valence-corrected chi connectivity index (χ1v) is 17.1. The summed E-state index contributed by atoms with van der Waals surface area (Å²) in [4.78, 5) is 55.8. The number of halogens is 8. The number of hydrogen-bond acceptors (Lipinski definition) is 6. The molecule has 276 valence electrons. The van der Waals surface area contributed by atoms with Gasteiger partial charge in [-0.05, 0) is 77.2 Å². The fraction of sp³-hybridized carbons (Fsp3) is 0.0769. The van der Waals surface area contributed by atoms with E-state index in [0.29, 0.717) is 39.0 Å². The number of phenolic OH excluding ortho intramolecular Hbond substituents is 2. The van der Waals surface area contributed by atoms with Crippen molar-refractivity contribution in [1.82, 2.24) is 0 Å². The van der Waals surface area contributed by atoms with Gasteiger partial charge in [0.25, 0.3) is 23.6 Å². The minimum absolute atomic E-state index is 0.0988. The maximum atomic E-state index is 15.5. The SMILES string of the molecule is O=C1c2cccc3c(Cl)ccc(c23)C(=O)N1c1cc(C(c2ccc(O)c(N3C(=O)c4cccc5c(Br)ccc(c45)C3=O)c2)(C(F)(F)F)C(F)(F)F)ccc1O. The predicted octanol–water partition coefficient (Wildman–Crippen LogP) is 9.83. The van der Waals surface area contributed by atoms with E-state index in [9.17, 15) is 29.4 Å². The van der Waals surface area contributed by atoms with Crippen molar-refractivity contribution < 1.29 is 55.7 Å². The average Bonchev–Trinajstić information content (AvgIpc) is 3.12. The number of imide groups is 2. The molecule has 2 aliphatic rings. The van der Waals surface area contributed by atoms with Gasteiger partial charge < -0.3 is 10.2 Å². The number of nitrogens with zero attached hydrogens (tertiary/aromatic N) is 2. The fourth-order valence-corrected chi connectivity index (χ4v) is 8.10. The van der Waals surface area contributed by atoms with Crippen molar-refractivity contribution in [1.29, 1.82) is 0 Å². The molecule has 2 aliphatic heterocycles. The minimum atomic E-state index is -6.26. The van der Waals surface area contributed by atoms with Crippen molar-refractivity contribution in [3.63, 3.8) is 0 Å². The number of aromatic hydroxyl groups is 2. The standard InChI is InChI=1S/C39H18BrClF6N2O6/c40-25-11-9-23-31-19(25)3-1-5-21(31)33(52)48(35(23)54)27-15-17(7-13-29(27)50)37(38(42,43)44,39(45,46)47)18-8-14-30(51)28(16-18)49-34(53)22-6-2-4-20-26(41)12-10-24(32(20)22)36(49)55/h1-16,50-51H. The Morgan fingerprint density at radius 2 is 0.927 bits per heavy atom. The molecular weight excluding hydrogens is 822 g/mol. The molecular formula is C39H18BrClF6N2O6. The van der Waals surface area contributed by atoms with Crippen molar-refractivity contribution in [2.24, 2.45) is 0 Å². The molecule has 8 rings (SSSR count). The third-order valence-electron chi connectivity index (χ3n) is 9.86. The summed E-state index contributed by atoms with van der Waals surface area (Å²) in [6, 6.07) is 16.0. The Kier molecular flexibility index (Phi) is 7.89. The van der Waals surface area contributed by atoms with Crippen LogP contribution in [0.1, 0.15) is 52.6 Å². The zero-order valence-corrected chi connectivity index (χ0v) is 29.5. The fourth-order valence-electron chi connectivity index (χ4n) is 7.41. The van der Waals surface area contributed by atoms with Crippen LogP contribution in [0.25, 0.3) is 21.5 Å². The lowest BCUT2D eigenvalue weighted by Crippen LogP contribution is -2.55. The predicted molar refractivity (Wildman–Crippen MR) is 192 cm³/mol. The van der Waals surface area contributed by atoms with E-state index in [1.54, 1.807) is 6.07 Å². The van der Waals surface area contributed by atoms with Crippen LogP contribution in [0.3, 0.4) is 0 Å². The third-order valence-corrected chi connectivity index (χ3v) is 10.9. The number of rotatable bonds is 4. The first-order valence-electron chi connectivity index (χ1n) is 15.9. The van der Waals surface area contributed by atoms with Crippen LogP contribution in [-0.2, 0) is 5.41 Å². The van der Waals surface area contributed by atoms with Crippen LogP contribution in [0, 0.1) is 0 Å². The average molecular weight is 840 g/mol. The molecule has 0 saturated carbocycles. The Labute approximate surface area is 317 Å². The number of anilines is 2. The summed E-state index contributed by atoms with van der Waals surface area (Å²) >= 11 is 9.58. The van der Waals surface area contributed by atoms with Gasteiger partial charge in [0.05, 0.1) is 11.4 Å². The number of carbonyl (C=O) groups is 4. The quantitative estimate of drug-likeness (QED) is 0.135. The Bertz CT molecular complexity index is 2520. The highest BCUT2D eigenvalue weighted by Crippen LogP contribution is 2.58. The normalized spacial score (nSPS) is 14.8. The highest BCUT2D eigenvalue weighted by molar-refractivity contribution is 9.10. The summed E-state index contributed by atoms with van der Waals surface area (Å²) in [5, 5.41) is 22.9. The molecule has 0 radical (unpaired) electrons. The van der Waals surface area contributed by atoms with Crippen LogP contribution in [0.2, 0.25) is 5.02 Å². The molecule has 2 heterocycles. The molecule has 0 aliphatic carbocycles. The molecule has 8 nitrogen and oxygen atoms in total. The van der Waals surface area contributed by atoms with E-state index >= 15 is 26.3 Å². The first kappa shape index (κ1) is 36.1. The van der Waals surface area contributed by atoms with Crippen LogP contribution in [0.5, 0.6) is 11.5 Å². The molecule has 0 spiro atoms. The second kappa shape index (κ2) is 12.0. The Hall–Kier alpha value is -5.93. The summed E-state index contributed by atoms with van der Waals surface area (Å²) in [7, 11) is 0. The molecule has 0 atom stereocenters. The number of carbonyl (C=O) groups excluding carboxylic acids is 4. The summed E-state index contributed by atoms with van der Waals surface area (Å²) in [5.41, 5.74) is -10.8. The number of hydrogen-bond donors (Lipinski definition) is 2. The molecule has 0 saturated heterocycles. The molecule has 6 aromatic rings. The molecule has 2 N–H and O–H groups in total. The molecule has 0 aromatic heterocycles. The molecule has 4 amide bonds. The van der Waals surface area contributed by atoms with E-state index < -0.39 is 75.4 Å². The number of benzene rings is 6. The summed E-state index contributed by atoms with van der Waals surface area (Å²) in [6.07, 6.45) is -12.5. The van der Waals surface area contributed by atoms with Gasteiger partial charge in [0.15, 0.2) is 0 Å². The summed E-state index contributed by atoms with van der Waals surface area (Å²) in [5.74, 6) is -6.62. The molecule has 0 bridgehead atoms. The van der Waals surface area contributed by atoms with Gasteiger partial charge in [-0.15, -0.1) is 0 Å². The van der Waals surface area contributed by atoms with E-state index in [0.717, 1.165) is 0 Å². The first-order chi connectivity index (χ1) is 25.9. The maximum absolute atomic E-state index is 15.5. The molecule has 55 heavy (non-hydrogen) atoms. The molecule has 0 fully saturated rings. The van der Waals surface area contributed by atoms with Crippen molar-refractivity contribution in [3.05, 3.63) is 140 Å². The monoisotopic (exact) mass is 838 g/mol. The van der Waals surface area contributed by atoms with Crippen molar-refractivity contribution in [2.75, 3.05) is 9.80 Å². The van der Waals surface area contributed by atoms with E-state index in [4.69, 9.17) is 11.6 Å². The van der Waals surface area contributed by atoms with Gasteiger partial charge in [-0.25, -0.2) is 9.80 Å². The van der Waals surface area contributed by atoms with E-state index in [2.05, 4.69) is 15.9 Å². The zero-order chi connectivity index (χ0) is 39.5. The summed E-state index contributed by atoms with van der Waals surface area (Å²) in [6.45, 7) is 0. The van der Waals surface area contributed by atoms with Crippen molar-refractivity contribution in [3.8, 4) is 11.5 Å². The van der Waals surface area contributed by atoms with Crippen molar-refractivity contribution >= 4 is 84.1 Å². The molecule has 6 aromatic carbocycles. The van der Waals surface area contributed by atoms with E-state index in [-0.39, 0.29) is 60.5 Å². The van der Waals surface area contributed by atoms with Gasteiger partial charge in [0.2, 0.25) is 5.41 Å². The Morgan fingerprint density at radius 3 is 1.38 bits per heavy atom. The lowest BCUT2D eigenvalue weighted by atomic mass is 9.72. The van der Waals surface area contributed by atoms with Gasteiger partial charge in [-0.2, -0.15) is 26.3 Å². The Morgan fingerprint density at radius 1 is 0.527 bits per heavy atom. The Balaban J connectivity index is 1.33. The zero-order valence-electron chi connectivity index (χ0n) is 27.2. The lowest BCUT2D eigenvalue weighted by Gasteiger charge is -2.39. The number of phenols is 2. The van der Waals surface area contributed by atoms with Crippen LogP contribution < -0.4 is 9.80 Å². The maximum Gasteiger partial charge on any atom is 0.411 e. The second-order valence-electron chi connectivity index (χ2n) is 12.7. The number of amides is 4. The third kappa shape index (κ3) is 4.92. The van der Waals surface area contributed by atoms with E-state index in [1.165, 1.54) is 54.6 Å². The van der Waals surface area contributed by atoms with Gasteiger partial charge in [-0.1, -0.05) is 63.9 Å². The van der Waals surface area contributed by atoms with Gasteiger partial charge in [-0.3, -0.25) is 19.2 Å². The van der Waals surface area contributed by atoms with Gasteiger partial charge in [0.1, 0.15) is 11.5 Å². The van der Waals surface area contributed by atoms with Gasteiger partial charge in [0, 0.05) is 47.9 Å². The number of alkyl halides is 6. The highest BCUT2D eigenvalue weighted by atomic mass is 79.9. The minimum Gasteiger partial charge on any atom is -0.506 e. The van der Waals surface area contributed by atoms with Crippen molar-refractivity contribution in [2.45, 2.75) is 17.8 Å². The van der Waals surface area contributed by atoms with Crippen LogP contribution in [-0.4, -0.2) is 46.2 Å². The topological polar surface area (TPSA) is 115 Å². The van der Waals surface area contributed by atoms with E-state index in [1.807, 2.05) is 0 Å². The lowest BCUT2D eigenvalue weighted by molar-refractivity contribution is -0.288.